The Bertz CT molecular complexity index is 419. The van der Waals surface area contributed by atoms with Gasteiger partial charge in [-0.2, -0.15) is 11.8 Å². The van der Waals surface area contributed by atoms with Crippen LogP contribution in [0.5, 0.6) is 0 Å². The van der Waals surface area contributed by atoms with Crippen LogP contribution in [0.2, 0.25) is 0 Å². The largest absolute Gasteiger partial charge is 0.379 e. The van der Waals surface area contributed by atoms with Crippen molar-refractivity contribution in [3.05, 3.63) is 0 Å². The molecule has 0 bridgehead atoms. The summed E-state index contributed by atoms with van der Waals surface area (Å²) in [5.74, 6) is 0.290. The lowest BCUT2D eigenvalue weighted by atomic mass is 10.7. The van der Waals surface area contributed by atoms with Crippen molar-refractivity contribution in [2.24, 2.45) is 0 Å². The minimum atomic E-state index is -3.46. The third-order valence-corrected chi connectivity index (χ3v) is 4.44. The fraction of sp³-hybridized carbons (Fsp3) is 1.00. The maximum atomic E-state index is 11.4. The first-order valence-electron chi connectivity index (χ1n) is 5.56. The predicted molar refractivity (Wildman–Crippen MR) is 76.7 cm³/mol. The number of sulfonamides is 1. The molecule has 0 aliphatic carbocycles. The van der Waals surface area contributed by atoms with E-state index in [1.807, 2.05) is 6.26 Å². The molecule has 0 unspecified atom stereocenters. The molecule has 0 atom stereocenters. The third kappa shape index (κ3) is 14.4. The molecule has 0 fully saturated rings. The standard InChI is InChI=1S/C9H21NO6S3/c1-17-7-5-16-9-19(13,14)10-3-4-15-6-8-18(2,11)12/h10H,3-9H2,1-2H3. The number of hydrogen-bond donors (Lipinski definition) is 1. The normalized spacial score (nSPS) is 12.7. The number of sulfone groups is 1. The first-order valence-corrected chi connectivity index (χ1v) is 10.7. The highest BCUT2D eigenvalue weighted by Crippen LogP contribution is 1.93. The second-order valence-electron chi connectivity index (χ2n) is 3.77. The molecule has 0 saturated carbocycles. The Morgan fingerprint density at radius 3 is 2.32 bits per heavy atom. The highest BCUT2D eigenvalue weighted by atomic mass is 32.2. The molecule has 19 heavy (non-hydrogen) atoms. The Balaban J connectivity index is 3.58. The van der Waals surface area contributed by atoms with Gasteiger partial charge >= 0.3 is 0 Å². The van der Waals surface area contributed by atoms with E-state index in [9.17, 15) is 16.8 Å². The number of ether oxygens (including phenoxy) is 2. The van der Waals surface area contributed by atoms with Crippen LogP contribution in [0.1, 0.15) is 0 Å². The first kappa shape index (κ1) is 19.1. The monoisotopic (exact) mass is 335 g/mol. The Morgan fingerprint density at radius 1 is 1.05 bits per heavy atom. The van der Waals surface area contributed by atoms with Crippen molar-refractivity contribution in [3.63, 3.8) is 0 Å². The van der Waals surface area contributed by atoms with E-state index >= 15 is 0 Å². The molecule has 0 amide bonds. The molecule has 0 heterocycles. The summed E-state index contributed by atoms with van der Waals surface area (Å²) in [6.45, 7) is 0.662. The van der Waals surface area contributed by atoms with Crippen molar-refractivity contribution in [2.45, 2.75) is 0 Å². The summed E-state index contributed by atoms with van der Waals surface area (Å²) in [4.78, 5) is 0. The summed E-state index contributed by atoms with van der Waals surface area (Å²) in [5, 5.41) is 0. The summed E-state index contributed by atoms with van der Waals surface area (Å²) in [5.41, 5.74) is 0. The zero-order valence-electron chi connectivity index (χ0n) is 11.1. The van der Waals surface area contributed by atoms with Crippen LogP contribution in [-0.2, 0) is 29.3 Å². The minimum Gasteiger partial charge on any atom is -0.379 e. The van der Waals surface area contributed by atoms with E-state index in [1.54, 1.807) is 11.8 Å². The van der Waals surface area contributed by atoms with E-state index in [2.05, 4.69) is 4.72 Å². The molecule has 0 aliphatic rings. The molecule has 0 radical (unpaired) electrons. The summed E-state index contributed by atoms with van der Waals surface area (Å²) in [6.07, 6.45) is 3.02. The highest BCUT2D eigenvalue weighted by Gasteiger charge is 2.09. The molecule has 7 nitrogen and oxygen atoms in total. The Morgan fingerprint density at radius 2 is 1.74 bits per heavy atom. The van der Waals surface area contributed by atoms with Gasteiger partial charge in [-0.25, -0.2) is 21.6 Å². The van der Waals surface area contributed by atoms with Gasteiger partial charge in [-0.15, -0.1) is 0 Å². The van der Waals surface area contributed by atoms with Crippen LogP contribution in [0.15, 0.2) is 0 Å². The van der Waals surface area contributed by atoms with E-state index in [0.29, 0.717) is 6.61 Å². The van der Waals surface area contributed by atoms with E-state index < -0.39 is 19.9 Å². The molecule has 116 valence electrons. The van der Waals surface area contributed by atoms with Gasteiger partial charge in [-0.3, -0.25) is 0 Å². The van der Waals surface area contributed by atoms with E-state index in [-0.39, 0.29) is 31.5 Å². The van der Waals surface area contributed by atoms with Crippen LogP contribution in [0.3, 0.4) is 0 Å². The molecule has 1 N–H and O–H groups in total. The molecule has 0 aliphatic heterocycles. The lowest BCUT2D eigenvalue weighted by Gasteiger charge is -2.07. The third-order valence-electron chi connectivity index (χ3n) is 1.84. The van der Waals surface area contributed by atoms with E-state index in [0.717, 1.165) is 12.0 Å². The van der Waals surface area contributed by atoms with Crippen molar-refractivity contribution in [2.75, 3.05) is 56.3 Å². The molecular weight excluding hydrogens is 314 g/mol. The average Bonchev–Trinajstić information content (AvgIpc) is 2.28. The summed E-state index contributed by atoms with van der Waals surface area (Å²) >= 11 is 1.57. The zero-order valence-corrected chi connectivity index (χ0v) is 13.6. The molecule has 0 aromatic carbocycles. The van der Waals surface area contributed by atoms with E-state index in [4.69, 9.17) is 9.47 Å². The first-order chi connectivity index (χ1) is 8.77. The van der Waals surface area contributed by atoms with Crippen LogP contribution < -0.4 is 4.72 Å². The fourth-order valence-electron chi connectivity index (χ4n) is 0.934. The topological polar surface area (TPSA) is 98.8 Å². The Hall–Kier alpha value is 0.130. The average molecular weight is 335 g/mol. The number of hydrogen-bond acceptors (Lipinski definition) is 7. The Labute approximate surface area is 119 Å². The molecule has 0 spiro atoms. The zero-order chi connectivity index (χ0) is 14.8. The van der Waals surface area contributed by atoms with Crippen LogP contribution in [0, 0.1) is 0 Å². The molecule has 0 saturated heterocycles. The van der Waals surface area contributed by atoms with Gasteiger partial charge in [0.15, 0.2) is 5.94 Å². The van der Waals surface area contributed by atoms with Crippen LogP contribution >= 0.6 is 11.8 Å². The second kappa shape index (κ2) is 9.94. The highest BCUT2D eigenvalue weighted by molar-refractivity contribution is 7.98. The van der Waals surface area contributed by atoms with Gasteiger partial charge < -0.3 is 9.47 Å². The molecule has 10 heteroatoms. The van der Waals surface area contributed by atoms with E-state index in [1.165, 1.54) is 0 Å². The van der Waals surface area contributed by atoms with Gasteiger partial charge in [-0.05, 0) is 6.26 Å². The van der Waals surface area contributed by atoms with Gasteiger partial charge in [-0.1, -0.05) is 0 Å². The predicted octanol–water partition coefficient (Wildman–Crippen LogP) is -0.696. The molecule has 0 aromatic heterocycles. The quantitative estimate of drug-likeness (QED) is 0.471. The van der Waals surface area contributed by atoms with Gasteiger partial charge in [0.25, 0.3) is 0 Å². The number of nitrogens with one attached hydrogen (secondary N) is 1. The summed E-state index contributed by atoms with van der Waals surface area (Å²) < 4.78 is 56.6. The molecule has 0 rings (SSSR count). The molecule has 0 aromatic rings. The minimum absolute atomic E-state index is 0.0603. The van der Waals surface area contributed by atoms with Crippen LogP contribution in [0.4, 0.5) is 0 Å². The van der Waals surface area contributed by atoms with Crippen LogP contribution in [-0.4, -0.2) is 73.2 Å². The summed E-state index contributed by atoms with van der Waals surface area (Å²) in [7, 11) is -6.50. The summed E-state index contributed by atoms with van der Waals surface area (Å²) in [6, 6.07) is 0. The van der Waals surface area contributed by atoms with Crippen molar-refractivity contribution in [3.8, 4) is 0 Å². The van der Waals surface area contributed by atoms with Crippen LogP contribution in [0.25, 0.3) is 0 Å². The van der Waals surface area contributed by atoms with Crippen molar-refractivity contribution >= 4 is 31.6 Å². The molecular formula is C9H21NO6S3. The van der Waals surface area contributed by atoms with Crippen molar-refractivity contribution in [1.82, 2.24) is 4.72 Å². The second-order valence-corrected chi connectivity index (χ2v) is 8.77. The maximum absolute atomic E-state index is 11.4. The lowest BCUT2D eigenvalue weighted by Crippen LogP contribution is -2.31. The van der Waals surface area contributed by atoms with Gasteiger partial charge in [0.2, 0.25) is 10.0 Å². The van der Waals surface area contributed by atoms with Gasteiger partial charge in [0.05, 0.1) is 25.6 Å². The fourth-order valence-corrected chi connectivity index (χ4v) is 2.45. The smallest absolute Gasteiger partial charge is 0.235 e. The van der Waals surface area contributed by atoms with Gasteiger partial charge in [0, 0.05) is 18.6 Å². The van der Waals surface area contributed by atoms with Crippen molar-refractivity contribution in [1.29, 1.82) is 0 Å². The number of rotatable bonds is 12. The van der Waals surface area contributed by atoms with Gasteiger partial charge in [0.1, 0.15) is 9.84 Å². The van der Waals surface area contributed by atoms with Crippen molar-refractivity contribution < 1.29 is 26.3 Å². The Kier molecular flexibility index (Phi) is 10.0. The SMILES string of the molecule is CSCCOCS(=O)(=O)NCCOCCS(C)(=O)=O. The maximum Gasteiger partial charge on any atom is 0.235 e. The number of thioether (sulfide) groups is 1. The lowest BCUT2D eigenvalue weighted by molar-refractivity contribution is 0.153.